The average molecular weight is 596 g/mol. The summed E-state index contributed by atoms with van der Waals surface area (Å²) in [5.74, 6) is -1.10. The maximum atomic E-state index is 13.5. The Hall–Kier alpha value is -3.50. The molecule has 1 unspecified atom stereocenters. The van der Waals surface area contributed by atoms with Crippen molar-refractivity contribution < 1.29 is 29.2 Å². The van der Waals surface area contributed by atoms with Crippen LogP contribution in [0.25, 0.3) is 0 Å². The minimum Gasteiger partial charge on any atom is -0.364 e. The molecule has 0 aromatic heterocycles. The first-order chi connectivity index (χ1) is 20.2. The van der Waals surface area contributed by atoms with Crippen molar-refractivity contribution in [2.75, 3.05) is 11.4 Å². The Labute approximate surface area is 252 Å². The van der Waals surface area contributed by atoms with Crippen LogP contribution in [0.3, 0.4) is 0 Å². The van der Waals surface area contributed by atoms with Crippen molar-refractivity contribution in [1.29, 1.82) is 0 Å². The number of aliphatic hydroxyl groups is 1. The molecule has 2 aromatic carbocycles. The fourth-order valence-corrected chi connectivity index (χ4v) is 5.58. The number of ketones is 2. The number of oxime groups is 2. The van der Waals surface area contributed by atoms with E-state index >= 15 is 0 Å². The van der Waals surface area contributed by atoms with Crippen molar-refractivity contribution >= 4 is 52.1 Å². The molecule has 2 aromatic rings. The number of carbonyl (C=O) groups is 3. The molecule has 0 fully saturated rings. The van der Waals surface area contributed by atoms with E-state index in [0.717, 1.165) is 66.2 Å². The summed E-state index contributed by atoms with van der Waals surface area (Å²) >= 11 is 1.50. The summed E-state index contributed by atoms with van der Waals surface area (Å²) in [6, 6.07) is 11.2. The van der Waals surface area contributed by atoms with Crippen molar-refractivity contribution in [3.05, 3.63) is 47.5 Å². The number of hydrogen-bond acceptors (Lipinski definition) is 10. The predicted molar refractivity (Wildman–Crippen MR) is 166 cm³/mol. The molecular formula is C32H41N3O6S. The van der Waals surface area contributed by atoms with Gasteiger partial charge in [0.1, 0.15) is 11.4 Å². The molecule has 0 saturated heterocycles. The topological polar surface area (TPSA) is 118 Å². The van der Waals surface area contributed by atoms with E-state index in [0.29, 0.717) is 24.0 Å². The molecule has 1 aliphatic rings. The highest BCUT2D eigenvalue weighted by Crippen LogP contribution is 2.49. The van der Waals surface area contributed by atoms with Gasteiger partial charge >= 0.3 is 5.97 Å². The lowest BCUT2D eigenvalue weighted by Crippen LogP contribution is -2.23. The smallest absolute Gasteiger partial charge is 0.331 e. The molecule has 3 rings (SSSR count). The highest BCUT2D eigenvalue weighted by Gasteiger charge is 2.27. The second kappa shape index (κ2) is 16.2. The van der Waals surface area contributed by atoms with Crippen molar-refractivity contribution in [2.45, 2.75) is 102 Å². The zero-order valence-corrected chi connectivity index (χ0v) is 26.0. The van der Waals surface area contributed by atoms with Crippen LogP contribution in [0.2, 0.25) is 0 Å². The molecule has 1 N–H and O–H groups in total. The standard InChI is InChI=1S/C32H41N3O6S/c1-6-9-12-25(33-40-21(4)36)31(38)23-14-16-27-29(19-23)42-30-20-24(15-17-28(30)35(27)18-11-8-3)32(39)26(13-10-7-2)34-41-22(5)37/h14-17,19-21,36H,6-13,18H2,1-5H3/b33-25+,34-26+. The maximum Gasteiger partial charge on any atom is 0.331 e. The Balaban J connectivity index is 2.00. The number of aliphatic hydroxyl groups excluding tert-OH is 1. The Kier molecular flexibility index (Phi) is 12.7. The third-order valence-electron chi connectivity index (χ3n) is 6.64. The third-order valence-corrected chi connectivity index (χ3v) is 7.73. The summed E-state index contributed by atoms with van der Waals surface area (Å²) < 4.78 is 0. The van der Waals surface area contributed by atoms with Gasteiger partial charge in [-0.25, -0.2) is 4.79 Å². The van der Waals surface area contributed by atoms with E-state index in [1.54, 1.807) is 12.1 Å². The van der Waals surface area contributed by atoms with Gasteiger partial charge in [-0.1, -0.05) is 62.1 Å². The van der Waals surface area contributed by atoms with E-state index in [-0.39, 0.29) is 23.0 Å². The molecule has 10 heteroatoms. The van der Waals surface area contributed by atoms with Crippen molar-refractivity contribution in [2.24, 2.45) is 10.3 Å². The maximum absolute atomic E-state index is 13.5. The number of fused-ring (bicyclic) bond motifs is 2. The SMILES string of the molecule is CCCC/C(=N\OC(C)=O)C(=O)c1ccc2c(c1)Sc1cc(C(=O)/C(CCCC)=N/OC(C)O)ccc1N2CCCC. The molecule has 0 amide bonds. The predicted octanol–water partition coefficient (Wildman–Crippen LogP) is 7.47. The van der Waals surface area contributed by atoms with Gasteiger partial charge in [0.2, 0.25) is 17.9 Å². The van der Waals surface area contributed by atoms with Crippen LogP contribution in [-0.2, 0) is 14.5 Å². The summed E-state index contributed by atoms with van der Waals surface area (Å²) in [6.45, 7) is 9.65. The molecule has 9 nitrogen and oxygen atoms in total. The monoisotopic (exact) mass is 595 g/mol. The lowest BCUT2D eigenvalue weighted by molar-refractivity contribution is -0.140. The van der Waals surface area contributed by atoms with Crippen LogP contribution in [0, 0.1) is 0 Å². The molecule has 42 heavy (non-hydrogen) atoms. The lowest BCUT2D eigenvalue weighted by atomic mass is 10.0. The molecule has 1 heterocycles. The first-order valence-electron chi connectivity index (χ1n) is 14.7. The minimum atomic E-state index is -1.12. The lowest BCUT2D eigenvalue weighted by Gasteiger charge is -2.33. The number of hydrogen-bond donors (Lipinski definition) is 1. The minimum absolute atomic E-state index is 0.210. The molecule has 0 spiro atoms. The fraction of sp³-hybridized carbons (Fsp3) is 0.469. The summed E-state index contributed by atoms with van der Waals surface area (Å²) in [6.07, 6.45) is 4.97. The van der Waals surface area contributed by atoms with Crippen molar-refractivity contribution in [3.63, 3.8) is 0 Å². The number of carbonyl (C=O) groups excluding carboxylic acids is 3. The van der Waals surface area contributed by atoms with Gasteiger partial charge in [-0.05, 0) is 68.5 Å². The van der Waals surface area contributed by atoms with Gasteiger partial charge in [0.15, 0.2) is 0 Å². The van der Waals surface area contributed by atoms with Gasteiger partial charge in [0.25, 0.3) is 0 Å². The summed E-state index contributed by atoms with van der Waals surface area (Å²) in [4.78, 5) is 52.1. The number of unbranched alkanes of at least 4 members (excludes halogenated alkanes) is 3. The molecule has 0 aliphatic carbocycles. The molecule has 0 radical (unpaired) electrons. The Bertz CT molecular complexity index is 1340. The number of Topliss-reactive ketones (excluding diaryl/α,β-unsaturated/α-hetero) is 2. The van der Waals surface area contributed by atoms with E-state index in [2.05, 4.69) is 22.1 Å². The second-order valence-corrected chi connectivity index (χ2v) is 11.3. The van der Waals surface area contributed by atoms with E-state index in [9.17, 15) is 19.5 Å². The average Bonchev–Trinajstić information content (AvgIpc) is 2.97. The summed E-state index contributed by atoms with van der Waals surface area (Å²) in [5.41, 5.74) is 3.39. The van der Waals surface area contributed by atoms with Crippen LogP contribution in [0.15, 0.2) is 56.5 Å². The first-order valence-corrected chi connectivity index (χ1v) is 15.5. The molecule has 0 saturated carbocycles. The van der Waals surface area contributed by atoms with Crippen LogP contribution in [0.1, 0.15) is 107 Å². The molecular weight excluding hydrogens is 554 g/mol. The van der Waals surface area contributed by atoms with Crippen LogP contribution >= 0.6 is 11.8 Å². The molecule has 0 bridgehead atoms. The highest BCUT2D eigenvalue weighted by molar-refractivity contribution is 7.99. The molecule has 1 aliphatic heterocycles. The number of rotatable bonds is 16. The van der Waals surface area contributed by atoms with Gasteiger partial charge in [-0.3, -0.25) is 9.59 Å². The second-order valence-electron chi connectivity index (χ2n) is 10.2. The van der Waals surface area contributed by atoms with Gasteiger partial charge < -0.3 is 19.7 Å². The van der Waals surface area contributed by atoms with Gasteiger partial charge in [0.05, 0.1) is 11.4 Å². The van der Waals surface area contributed by atoms with E-state index in [4.69, 9.17) is 9.68 Å². The highest BCUT2D eigenvalue weighted by atomic mass is 32.2. The Morgan fingerprint density at radius 2 is 1.33 bits per heavy atom. The van der Waals surface area contributed by atoms with Crippen LogP contribution < -0.4 is 4.90 Å². The number of benzene rings is 2. The zero-order valence-electron chi connectivity index (χ0n) is 25.1. The summed E-state index contributed by atoms with van der Waals surface area (Å²) in [5, 5.41) is 17.3. The van der Waals surface area contributed by atoms with Gasteiger partial charge in [-0.15, -0.1) is 0 Å². The largest absolute Gasteiger partial charge is 0.364 e. The van der Waals surface area contributed by atoms with Crippen molar-refractivity contribution in [3.8, 4) is 0 Å². The van der Waals surface area contributed by atoms with E-state index in [1.807, 2.05) is 38.1 Å². The van der Waals surface area contributed by atoms with E-state index in [1.165, 1.54) is 25.6 Å². The summed E-state index contributed by atoms with van der Waals surface area (Å²) in [7, 11) is 0. The first kappa shape index (κ1) is 33.0. The Morgan fingerprint density at radius 3 is 1.79 bits per heavy atom. The number of anilines is 2. The van der Waals surface area contributed by atoms with Crippen molar-refractivity contribution in [1.82, 2.24) is 0 Å². The normalized spacial score (nSPS) is 13.7. The van der Waals surface area contributed by atoms with Crippen LogP contribution in [-0.4, -0.2) is 46.9 Å². The molecule has 1 atom stereocenters. The Morgan fingerprint density at radius 1 is 0.833 bits per heavy atom. The van der Waals surface area contributed by atoms with Crippen LogP contribution in [0.4, 0.5) is 11.4 Å². The van der Waals surface area contributed by atoms with Crippen LogP contribution in [0.5, 0.6) is 0 Å². The number of nitrogens with zero attached hydrogens (tertiary/aromatic N) is 3. The quantitative estimate of drug-likeness (QED) is 0.0698. The zero-order chi connectivity index (χ0) is 30.6. The molecule has 226 valence electrons. The van der Waals surface area contributed by atoms with Gasteiger partial charge in [-0.2, -0.15) is 0 Å². The van der Waals surface area contributed by atoms with E-state index < -0.39 is 12.3 Å². The fourth-order valence-electron chi connectivity index (χ4n) is 4.41. The van der Waals surface area contributed by atoms with Gasteiger partial charge in [0, 0.05) is 41.3 Å². The third kappa shape index (κ3) is 8.75.